The molecule has 6 heteroatoms. The number of piperidine rings is 1. The van der Waals surface area contributed by atoms with Crippen LogP contribution in [-0.4, -0.2) is 54.7 Å². The van der Waals surface area contributed by atoms with E-state index in [2.05, 4.69) is 5.32 Å². The molecule has 0 saturated carbocycles. The van der Waals surface area contributed by atoms with Crippen LogP contribution in [0.5, 0.6) is 0 Å². The van der Waals surface area contributed by atoms with E-state index in [9.17, 15) is 9.18 Å². The Labute approximate surface area is 142 Å². The molecule has 0 spiro atoms. The predicted molar refractivity (Wildman–Crippen MR) is 90.9 cm³/mol. The fourth-order valence-electron chi connectivity index (χ4n) is 3.36. The normalized spacial score (nSPS) is 20.0. The standard InChI is InChI=1S/C18H26FN3O2/c1-2-24-22-9-7-14(8-10-22)11-18(23)21-12-17(13-21)20-16-5-3-15(19)4-6-16/h3-6,14,17,20H,2,7-13H2,1H3. The highest BCUT2D eigenvalue weighted by atomic mass is 19.1. The summed E-state index contributed by atoms with van der Waals surface area (Å²) < 4.78 is 12.9. The molecule has 0 aromatic heterocycles. The second-order valence-electron chi connectivity index (χ2n) is 6.64. The first kappa shape index (κ1) is 17.2. The number of hydroxylamine groups is 2. The third kappa shape index (κ3) is 4.45. The highest BCUT2D eigenvalue weighted by molar-refractivity contribution is 5.77. The number of halogens is 1. The summed E-state index contributed by atoms with van der Waals surface area (Å²) in [7, 11) is 0. The van der Waals surface area contributed by atoms with Gasteiger partial charge in [0, 0.05) is 38.3 Å². The number of nitrogens with zero attached hydrogens (tertiary/aromatic N) is 2. The number of nitrogens with one attached hydrogen (secondary N) is 1. The molecule has 24 heavy (non-hydrogen) atoms. The zero-order valence-corrected chi connectivity index (χ0v) is 14.2. The molecule has 2 fully saturated rings. The molecule has 0 atom stereocenters. The third-order valence-electron chi connectivity index (χ3n) is 4.80. The van der Waals surface area contributed by atoms with E-state index in [1.807, 2.05) is 16.9 Å². The minimum Gasteiger partial charge on any atom is -0.379 e. The molecule has 2 aliphatic rings. The molecular formula is C18H26FN3O2. The van der Waals surface area contributed by atoms with E-state index in [4.69, 9.17) is 4.84 Å². The Hall–Kier alpha value is -1.66. The maximum Gasteiger partial charge on any atom is 0.222 e. The lowest BCUT2D eigenvalue weighted by Crippen LogP contribution is -2.57. The van der Waals surface area contributed by atoms with Gasteiger partial charge in [-0.25, -0.2) is 4.39 Å². The largest absolute Gasteiger partial charge is 0.379 e. The monoisotopic (exact) mass is 335 g/mol. The number of likely N-dealkylation sites (tertiary alicyclic amines) is 1. The fourth-order valence-corrected chi connectivity index (χ4v) is 3.36. The molecule has 0 aliphatic carbocycles. The van der Waals surface area contributed by atoms with Crippen molar-refractivity contribution in [2.24, 2.45) is 5.92 Å². The van der Waals surface area contributed by atoms with Crippen molar-refractivity contribution >= 4 is 11.6 Å². The number of rotatable bonds is 6. The van der Waals surface area contributed by atoms with Crippen LogP contribution in [0.1, 0.15) is 26.2 Å². The zero-order chi connectivity index (χ0) is 16.9. The first-order valence-corrected chi connectivity index (χ1v) is 8.81. The van der Waals surface area contributed by atoms with Crippen LogP contribution < -0.4 is 5.32 Å². The van der Waals surface area contributed by atoms with Gasteiger partial charge >= 0.3 is 0 Å². The number of carbonyl (C=O) groups is 1. The van der Waals surface area contributed by atoms with Crippen LogP contribution in [0.25, 0.3) is 0 Å². The summed E-state index contributed by atoms with van der Waals surface area (Å²) in [4.78, 5) is 19.8. The van der Waals surface area contributed by atoms with Gasteiger partial charge < -0.3 is 10.2 Å². The number of hydrogen-bond acceptors (Lipinski definition) is 4. The quantitative estimate of drug-likeness (QED) is 0.868. The fraction of sp³-hybridized carbons (Fsp3) is 0.611. The molecule has 0 radical (unpaired) electrons. The molecule has 1 aromatic carbocycles. The average molecular weight is 335 g/mol. The molecule has 1 amide bonds. The minimum atomic E-state index is -0.235. The lowest BCUT2D eigenvalue weighted by atomic mass is 9.93. The van der Waals surface area contributed by atoms with Gasteiger partial charge in [-0.3, -0.25) is 9.63 Å². The van der Waals surface area contributed by atoms with Gasteiger partial charge in [-0.1, -0.05) is 0 Å². The number of carbonyl (C=O) groups excluding carboxylic acids is 1. The van der Waals surface area contributed by atoms with Gasteiger partial charge in [0.25, 0.3) is 0 Å². The van der Waals surface area contributed by atoms with Crippen LogP contribution in [0, 0.1) is 11.7 Å². The highest BCUT2D eigenvalue weighted by Crippen LogP contribution is 2.24. The molecule has 2 heterocycles. The molecule has 5 nitrogen and oxygen atoms in total. The number of hydrogen-bond donors (Lipinski definition) is 1. The summed E-state index contributed by atoms with van der Waals surface area (Å²) in [5.41, 5.74) is 0.900. The maximum absolute atomic E-state index is 12.9. The number of anilines is 1. The molecule has 2 saturated heterocycles. The number of benzene rings is 1. The van der Waals surface area contributed by atoms with Crippen molar-refractivity contribution in [3.05, 3.63) is 30.1 Å². The summed E-state index contributed by atoms with van der Waals surface area (Å²) in [6.45, 7) is 6.00. The molecule has 1 N–H and O–H groups in total. The molecule has 3 rings (SSSR count). The van der Waals surface area contributed by atoms with E-state index in [0.29, 0.717) is 18.9 Å². The van der Waals surface area contributed by atoms with Crippen molar-refractivity contribution in [1.29, 1.82) is 0 Å². The summed E-state index contributed by atoms with van der Waals surface area (Å²) in [5, 5.41) is 5.34. The second kappa shape index (κ2) is 7.94. The molecule has 0 unspecified atom stereocenters. The van der Waals surface area contributed by atoms with Crippen molar-refractivity contribution < 1.29 is 14.0 Å². The maximum atomic E-state index is 12.9. The van der Waals surface area contributed by atoms with E-state index in [0.717, 1.165) is 44.7 Å². The van der Waals surface area contributed by atoms with Gasteiger partial charge in [-0.05, 0) is 49.9 Å². The summed E-state index contributed by atoms with van der Waals surface area (Å²) >= 11 is 0. The zero-order valence-electron chi connectivity index (χ0n) is 14.2. The topological polar surface area (TPSA) is 44.8 Å². The Balaban J connectivity index is 1.35. The Morgan fingerprint density at radius 1 is 1.25 bits per heavy atom. The predicted octanol–water partition coefficient (Wildman–Crippen LogP) is 2.50. The van der Waals surface area contributed by atoms with Crippen LogP contribution in [0.15, 0.2) is 24.3 Å². The lowest BCUT2D eigenvalue weighted by molar-refractivity contribution is -0.171. The minimum absolute atomic E-state index is 0.235. The first-order valence-electron chi connectivity index (χ1n) is 8.81. The van der Waals surface area contributed by atoms with Crippen LogP contribution in [0.4, 0.5) is 10.1 Å². The van der Waals surface area contributed by atoms with Gasteiger partial charge in [0.05, 0.1) is 12.6 Å². The average Bonchev–Trinajstić information content (AvgIpc) is 2.54. The Bertz CT molecular complexity index is 538. The van der Waals surface area contributed by atoms with Crippen molar-refractivity contribution in [2.75, 3.05) is 38.1 Å². The SMILES string of the molecule is CCON1CCC(CC(=O)N2CC(Nc3ccc(F)cc3)C2)CC1. The second-order valence-corrected chi connectivity index (χ2v) is 6.64. The first-order chi connectivity index (χ1) is 11.6. The van der Waals surface area contributed by atoms with Gasteiger partial charge in [-0.2, -0.15) is 5.06 Å². The van der Waals surface area contributed by atoms with Gasteiger partial charge in [0.2, 0.25) is 5.91 Å². The molecule has 1 aromatic rings. The van der Waals surface area contributed by atoms with Crippen molar-refractivity contribution in [3.63, 3.8) is 0 Å². The molecule has 132 valence electrons. The Morgan fingerprint density at radius 3 is 2.54 bits per heavy atom. The van der Waals surface area contributed by atoms with Crippen molar-refractivity contribution in [3.8, 4) is 0 Å². The molecular weight excluding hydrogens is 309 g/mol. The van der Waals surface area contributed by atoms with Crippen LogP contribution in [-0.2, 0) is 9.63 Å². The molecule has 0 bridgehead atoms. The van der Waals surface area contributed by atoms with Crippen molar-refractivity contribution in [1.82, 2.24) is 9.96 Å². The molecule has 2 aliphatic heterocycles. The highest BCUT2D eigenvalue weighted by Gasteiger charge is 2.32. The van der Waals surface area contributed by atoms with Crippen LogP contribution in [0.2, 0.25) is 0 Å². The summed E-state index contributed by atoms with van der Waals surface area (Å²) in [5.74, 6) is 0.488. The van der Waals surface area contributed by atoms with E-state index in [1.165, 1.54) is 12.1 Å². The van der Waals surface area contributed by atoms with E-state index >= 15 is 0 Å². The lowest BCUT2D eigenvalue weighted by Gasteiger charge is -2.41. The van der Waals surface area contributed by atoms with Crippen LogP contribution >= 0.6 is 0 Å². The van der Waals surface area contributed by atoms with E-state index in [1.54, 1.807) is 12.1 Å². The van der Waals surface area contributed by atoms with Crippen LogP contribution in [0.3, 0.4) is 0 Å². The number of amides is 1. The van der Waals surface area contributed by atoms with E-state index < -0.39 is 0 Å². The van der Waals surface area contributed by atoms with Gasteiger partial charge in [-0.15, -0.1) is 0 Å². The van der Waals surface area contributed by atoms with Gasteiger partial charge in [0.15, 0.2) is 0 Å². The summed E-state index contributed by atoms with van der Waals surface area (Å²) in [6.07, 6.45) is 2.69. The smallest absolute Gasteiger partial charge is 0.222 e. The van der Waals surface area contributed by atoms with Gasteiger partial charge in [0.1, 0.15) is 5.82 Å². The Morgan fingerprint density at radius 2 is 1.92 bits per heavy atom. The van der Waals surface area contributed by atoms with Crippen molar-refractivity contribution in [2.45, 2.75) is 32.2 Å². The third-order valence-corrected chi connectivity index (χ3v) is 4.80. The Kier molecular flexibility index (Phi) is 5.68. The van der Waals surface area contributed by atoms with E-state index in [-0.39, 0.29) is 17.8 Å². The summed E-state index contributed by atoms with van der Waals surface area (Å²) in [6, 6.07) is 6.61.